The highest BCUT2D eigenvalue weighted by molar-refractivity contribution is 6.31. The third-order valence-electron chi connectivity index (χ3n) is 4.54. The van der Waals surface area contributed by atoms with Crippen LogP contribution in [0.1, 0.15) is 11.1 Å². The summed E-state index contributed by atoms with van der Waals surface area (Å²) in [7, 11) is 0. The number of nitrogens with one attached hydrogen (secondary N) is 1. The van der Waals surface area contributed by atoms with E-state index in [1.807, 2.05) is 13.0 Å². The summed E-state index contributed by atoms with van der Waals surface area (Å²) in [6.45, 7) is 2.49. The zero-order valence-corrected chi connectivity index (χ0v) is 15.3. The molecule has 0 bridgehead atoms. The number of hydrogen-bond acceptors (Lipinski definition) is 3. The Balaban J connectivity index is 1.60. The van der Waals surface area contributed by atoms with Crippen molar-refractivity contribution in [2.24, 2.45) is 0 Å². The summed E-state index contributed by atoms with van der Waals surface area (Å²) in [6.07, 6.45) is 5.35. The van der Waals surface area contributed by atoms with Gasteiger partial charge in [-0.2, -0.15) is 0 Å². The molecule has 2 heterocycles. The van der Waals surface area contributed by atoms with Crippen LogP contribution in [0.15, 0.2) is 49.1 Å². The summed E-state index contributed by atoms with van der Waals surface area (Å²) in [5.74, 6) is -0.452. The monoisotopic (exact) mass is 382 g/mol. The van der Waals surface area contributed by atoms with E-state index in [-0.39, 0.29) is 6.03 Å². The molecular weight excluding hydrogens is 367 g/mol. The number of nitrogens with zero attached hydrogens (tertiary/aromatic N) is 3. The third-order valence-corrected chi connectivity index (χ3v) is 4.95. The van der Waals surface area contributed by atoms with Crippen molar-refractivity contribution >= 4 is 29.0 Å². The highest BCUT2D eigenvalue weighted by atomic mass is 35.5. The number of amides is 2. The largest absolute Gasteiger partial charge is 0.326 e. The molecule has 0 saturated carbocycles. The van der Waals surface area contributed by atoms with Crippen molar-refractivity contribution in [2.75, 3.05) is 16.8 Å². The molecule has 2 amide bonds. The summed E-state index contributed by atoms with van der Waals surface area (Å²) in [5.41, 5.74) is 4.47. The van der Waals surface area contributed by atoms with Crippen LogP contribution in [0.4, 0.5) is 20.6 Å². The molecule has 1 aromatic heterocycles. The molecule has 0 unspecified atom stereocenters. The second-order valence-corrected chi connectivity index (χ2v) is 6.82. The lowest BCUT2D eigenvalue weighted by Gasteiger charge is -2.19. The molecule has 3 aromatic rings. The van der Waals surface area contributed by atoms with Gasteiger partial charge < -0.3 is 5.32 Å². The second-order valence-electron chi connectivity index (χ2n) is 6.42. The van der Waals surface area contributed by atoms with Gasteiger partial charge in [-0.25, -0.2) is 19.2 Å². The van der Waals surface area contributed by atoms with Crippen molar-refractivity contribution in [3.63, 3.8) is 0 Å². The first-order chi connectivity index (χ1) is 13.0. The Morgan fingerprint density at radius 1 is 1.15 bits per heavy atom. The molecule has 1 aliphatic heterocycles. The maximum Gasteiger partial charge on any atom is 0.326 e. The molecular formula is C20H16ClFN4O. The number of aromatic nitrogens is 2. The van der Waals surface area contributed by atoms with Crippen LogP contribution >= 0.6 is 11.6 Å². The second kappa shape index (κ2) is 6.96. The minimum Gasteiger partial charge on any atom is -0.307 e. The molecule has 27 heavy (non-hydrogen) atoms. The fourth-order valence-electron chi connectivity index (χ4n) is 3.21. The van der Waals surface area contributed by atoms with Gasteiger partial charge in [0.15, 0.2) is 0 Å². The van der Waals surface area contributed by atoms with E-state index in [0.717, 1.165) is 23.2 Å². The van der Waals surface area contributed by atoms with Crippen LogP contribution in [-0.4, -0.2) is 22.5 Å². The first-order valence-corrected chi connectivity index (χ1v) is 8.82. The number of anilines is 2. The molecule has 7 heteroatoms. The third kappa shape index (κ3) is 3.48. The topological polar surface area (TPSA) is 58.1 Å². The van der Waals surface area contributed by atoms with E-state index >= 15 is 0 Å². The van der Waals surface area contributed by atoms with Crippen molar-refractivity contribution in [2.45, 2.75) is 13.3 Å². The van der Waals surface area contributed by atoms with E-state index in [9.17, 15) is 9.18 Å². The van der Waals surface area contributed by atoms with E-state index in [0.29, 0.717) is 28.4 Å². The molecule has 0 spiro atoms. The van der Waals surface area contributed by atoms with Crippen molar-refractivity contribution in [3.8, 4) is 11.1 Å². The molecule has 5 nitrogen and oxygen atoms in total. The first kappa shape index (κ1) is 17.4. The van der Waals surface area contributed by atoms with E-state index in [1.165, 1.54) is 18.5 Å². The highest BCUT2D eigenvalue weighted by Crippen LogP contribution is 2.33. The van der Waals surface area contributed by atoms with Gasteiger partial charge in [0.2, 0.25) is 0 Å². The van der Waals surface area contributed by atoms with Crippen molar-refractivity contribution in [1.82, 2.24) is 9.97 Å². The molecule has 1 N–H and O–H groups in total. The molecule has 0 atom stereocenters. The van der Waals surface area contributed by atoms with Gasteiger partial charge in [-0.05, 0) is 54.3 Å². The lowest BCUT2D eigenvalue weighted by Crippen LogP contribution is -2.33. The van der Waals surface area contributed by atoms with E-state index in [1.54, 1.807) is 29.4 Å². The van der Waals surface area contributed by atoms with Gasteiger partial charge in [0.1, 0.15) is 12.1 Å². The van der Waals surface area contributed by atoms with Crippen LogP contribution in [-0.2, 0) is 6.42 Å². The Hall–Kier alpha value is -2.99. The lowest BCUT2D eigenvalue weighted by atomic mass is 10.1. The zero-order valence-electron chi connectivity index (χ0n) is 14.5. The molecule has 0 fully saturated rings. The number of carbonyl (C=O) groups excluding carboxylic acids is 1. The fourth-order valence-corrected chi connectivity index (χ4v) is 3.37. The summed E-state index contributed by atoms with van der Waals surface area (Å²) in [5, 5.41) is 3.39. The van der Waals surface area contributed by atoms with E-state index in [2.05, 4.69) is 15.3 Å². The minimum atomic E-state index is -0.452. The Morgan fingerprint density at radius 3 is 2.70 bits per heavy atom. The molecule has 0 saturated heterocycles. The number of carbonyl (C=O) groups is 1. The molecule has 0 radical (unpaired) electrons. The SMILES string of the molecule is Cc1cc2c(cc1Cl)N(C(=O)Nc1cc(F)cc(-c3cncnc3)c1)CC2. The van der Waals surface area contributed by atoms with Gasteiger partial charge >= 0.3 is 6.03 Å². The zero-order chi connectivity index (χ0) is 19.0. The summed E-state index contributed by atoms with van der Waals surface area (Å²) in [4.78, 5) is 22.3. The number of urea groups is 1. The standard InChI is InChI=1S/C20H16ClFN4O/c1-12-4-13-2-3-26(19(13)8-18(12)21)20(27)25-17-6-14(5-16(22)7-17)15-9-23-11-24-10-15/h4-11H,2-3H2,1H3,(H,25,27). The average molecular weight is 383 g/mol. The predicted octanol–water partition coefficient (Wildman–Crippen LogP) is 4.84. The molecule has 4 rings (SSSR count). The Bertz CT molecular complexity index is 1030. The van der Waals surface area contributed by atoms with Crippen molar-refractivity contribution < 1.29 is 9.18 Å². The molecule has 136 valence electrons. The van der Waals surface area contributed by atoms with Crippen LogP contribution in [0.5, 0.6) is 0 Å². The number of aryl methyl sites for hydroxylation is 1. The fraction of sp³-hybridized carbons (Fsp3) is 0.150. The van der Waals surface area contributed by atoms with Crippen LogP contribution in [0.2, 0.25) is 5.02 Å². The van der Waals surface area contributed by atoms with Crippen LogP contribution in [0.3, 0.4) is 0 Å². The smallest absolute Gasteiger partial charge is 0.307 e. The highest BCUT2D eigenvalue weighted by Gasteiger charge is 2.25. The Morgan fingerprint density at radius 2 is 1.93 bits per heavy atom. The minimum absolute atomic E-state index is 0.325. The number of halogens is 2. The van der Waals surface area contributed by atoms with Gasteiger partial charge in [-0.3, -0.25) is 4.90 Å². The number of hydrogen-bond donors (Lipinski definition) is 1. The summed E-state index contributed by atoms with van der Waals surface area (Å²) in [6, 6.07) is 7.83. The van der Waals surface area contributed by atoms with Crippen LogP contribution in [0.25, 0.3) is 11.1 Å². The summed E-state index contributed by atoms with van der Waals surface area (Å²) >= 11 is 6.21. The quantitative estimate of drug-likeness (QED) is 0.690. The summed E-state index contributed by atoms with van der Waals surface area (Å²) < 4.78 is 14.1. The van der Waals surface area contributed by atoms with Gasteiger partial charge in [-0.1, -0.05) is 17.7 Å². The van der Waals surface area contributed by atoms with Crippen molar-refractivity contribution in [1.29, 1.82) is 0 Å². The van der Waals surface area contributed by atoms with Crippen LogP contribution < -0.4 is 10.2 Å². The van der Waals surface area contributed by atoms with Gasteiger partial charge in [-0.15, -0.1) is 0 Å². The molecule has 0 aliphatic carbocycles. The number of rotatable bonds is 2. The molecule has 1 aliphatic rings. The van der Waals surface area contributed by atoms with Gasteiger partial charge in [0.05, 0.1) is 5.69 Å². The normalized spacial score (nSPS) is 12.8. The van der Waals surface area contributed by atoms with Crippen LogP contribution in [0, 0.1) is 12.7 Å². The van der Waals surface area contributed by atoms with Gasteiger partial charge in [0, 0.05) is 35.2 Å². The molecule has 2 aromatic carbocycles. The predicted molar refractivity (Wildman–Crippen MR) is 104 cm³/mol. The van der Waals surface area contributed by atoms with Crippen molar-refractivity contribution in [3.05, 3.63) is 71.0 Å². The average Bonchev–Trinajstić information content (AvgIpc) is 3.05. The maximum absolute atomic E-state index is 14.1. The van der Waals surface area contributed by atoms with Gasteiger partial charge in [0.25, 0.3) is 0 Å². The maximum atomic E-state index is 14.1. The first-order valence-electron chi connectivity index (χ1n) is 8.45. The van der Waals surface area contributed by atoms with E-state index in [4.69, 9.17) is 11.6 Å². The number of benzene rings is 2. The number of fused-ring (bicyclic) bond motifs is 1. The van der Waals surface area contributed by atoms with E-state index < -0.39 is 5.82 Å². The lowest BCUT2D eigenvalue weighted by molar-refractivity contribution is 0.257. The Kier molecular flexibility index (Phi) is 4.49. The Labute approximate surface area is 160 Å².